The van der Waals surface area contributed by atoms with Gasteiger partial charge in [0.05, 0.1) is 11.6 Å². The zero-order valence-electron chi connectivity index (χ0n) is 20.2. The van der Waals surface area contributed by atoms with Gasteiger partial charge in [0.2, 0.25) is 0 Å². The summed E-state index contributed by atoms with van der Waals surface area (Å²) in [6, 6.07) is 19.5. The van der Waals surface area contributed by atoms with E-state index in [2.05, 4.69) is 0 Å². The number of rotatable bonds is 9. The van der Waals surface area contributed by atoms with Gasteiger partial charge in [0.25, 0.3) is 11.7 Å². The molecule has 186 valence electrons. The van der Waals surface area contributed by atoms with Crippen molar-refractivity contribution in [3.05, 3.63) is 106 Å². The number of ether oxygens (including phenoxy) is 2. The van der Waals surface area contributed by atoms with Crippen LogP contribution in [0.1, 0.15) is 34.7 Å². The molecule has 36 heavy (non-hydrogen) atoms. The molecule has 4 rings (SSSR count). The third-order valence-electron chi connectivity index (χ3n) is 6.10. The van der Waals surface area contributed by atoms with Crippen molar-refractivity contribution in [1.82, 2.24) is 4.90 Å². The number of carbonyl (C=O) groups is 2. The average Bonchev–Trinajstić information content (AvgIpc) is 3.13. The maximum Gasteiger partial charge on any atom is 0.295 e. The highest BCUT2D eigenvalue weighted by Crippen LogP contribution is 2.40. The molecule has 0 aliphatic carbocycles. The molecule has 0 aromatic heterocycles. The molecule has 3 aromatic carbocycles. The lowest BCUT2D eigenvalue weighted by molar-refractivity contribution is -0.140. The summed E-state index contributed by atoms with van der Waals surface area (Å²) in [6.07, 6.45) is 0.460. The van der Waals surface area contributed by atoms with Crippen LogP contribution in [-0.2, 0) is 20.9 Å². The van der Waals surface area contributed by atoms with Gasteiger partial charge in [-0.15, -0.1) is 0 Å². The zero-order chi connectivity index (χ0) is 25.7. The number of hydrogen-bond acceptors (Lipinski definition) is 5. The predicted octanol–water partition coefficient (Wildman–Crippen LogP) is 5.17. The largest absolute Gasteiger partial charge is 0.507 e. The molecule has 0 radical (unpaired) electrons. The third kappa shape index (κ3) is 5.31. The Kier molecular flexibility index (Phi) is 7.80. The van der Waals surface area contributed by atoms with Gasteiger partial charge in [-0.05, 0) is 49.2 Å². The van der Waals surface area contributed by atoms with Gasteiger partial charge in [0.1, 0.15) is 23.9 Å². The second-order valence-electron chi connectivity index (χ2n) is 8.66. The molecule has 1 fully saturated rings. The first kappa shape index (κ1) is 25.1. The number of methoxy groups -OCH3 is 1. The summed E-state index contributed by atoms with van der Waals surface area (Å²) in [6.45, 7) is 2.95. The molecule has 1 N–H and O–H groups in total. The molecule has 7 heteroatoms. The van der Waals surface area contributed by atoms with Crippen LogP contribution in [-0.4, -0.2) is 42.0 Å². The van der Waals surface area contributed by atoms with Crippen LogP contribution in [0.2, 0.25) is 0 Å². The van der Waals surface area contributed by atoms with Gasteiger partial charge in [-0.1, -0.05) is 48.0 Å². The van der Waals surface area contributed by atoms with Crippen molar-refractivity contribution in [3.8, 4) is 5.75 Å². The molecule has 0 spiro atoms. The molecule has 1 saturated heterocycles. The minimum absolute atomic E-state index is 0.143. The summed E-state index contributed by atoms with van der Waals surface area (Å²) in [5.41, 5.74) is 2.50. The van der Waals surface area contributed by atoms with Gasteiger partial charge in [-0.2, -0.15) is 0 Å². The lowest BCUT2D eigenvalue weighted by atomic mass is 9.95. The maximum atomic E-state index is 14.8. The number of Topliss-reactive ketones (excluding diaryl/α,β-unsaturated/α-hetero) is 1. The molecule has 1 aliphatic heterocycles. The molecule has 0 saturated carbocycles. The molecule has 1 aliphatic rings. The second-order valence-corrected chi connectivity index (χ2v) is 8.66. The van der Waals surface area contributed by atoms with Crippen LogP contribution in [0.5, 0.6) is 5.75 Å². The van der Waals surface area contributed by atoms with E-state index in [4.69, 9.17) is 9.47 Å². The molecule has 6 nitrogen and oxygen atoms in total. The zero-order valence-corrected chi connectivity index (χ0v) is 20.2. The summed E-state index contributed by atoms with van der Waals surface area (Å²) in [5.74, 6) is -1.97. The van der Waals surface area contributed by atoms with Crippen molar-refractivity contribution in [2.24, 2.45) is 0 Å². The first-order chi connectivity index (χ1) is 17.4. The van der Waals surface area contributed by atoms with E-state index in [1.807, 2.05) is 31.2 Å². The number of benzene rings is 3. The lowest BCUT2D eigenvalue weighted by Crippen LogP contribution is -2.31. The summed E-state index contributed by atoms with van der Waals surface area (Å²) >= 11 is 0. The Balaban J connectivity index is 1.64. The van der Waals surface area contributed by atoms with Gasteiger partial charge < -0.3 is 19.5 Å². The molecule has 1 amide bonds. The lowest BCUT2D eigenvalue weighted by Gasteiger charge is -2.25. The van der Waals surface area contributed by atoms with Crippen LogP contribution in [0.4, 0.5) is 4.39 Å². The number of aliphatic hydroxyl groups excluding tert-OH is 1. The quantitative estimate of drug-likeness (QED) is 0.194. The summed E-state index contributed by atoms with van der Waals surface area (Å²) in [5, 5.41) is 11.1. The Morgan fingerprint density at radius 3 is 2.47 bits per heavy atom. The SMILES string of the molecule is COCCCN1C(=O)C(=O)C(=C(O)c2ccc(OCc3cccc(C)c3)cc2)C1c1ccccc1F. The van der Waals surface area contributed by atoms with Crippen LogP contribution < -0.4 is 4.74 Å². The maximum absolute atomic E-state index is 14.8. The van der Waals surface area contributed by atoms with Crippen molar-refractivity contribution < 1.29 is 28.6 Å². The molecule has 1 atom stereocenters. The number of likely N-dealkylation sites (tertiary alicyclic amines) is 1. The van der Waals surface area contributed by atoms with E-state index in [0.717, 1.165) is 11.1 Å². The van der Waals surface area contributed by atoms with Gasteiger partial charge in [0.15, 0.2) is 0 Å². The molecule has 1 heterocycles. The number of carbonyl (C=O) groups excluding carboxylic acids is 2. The van der Waals surface area contributed by atoms with E-state index >= 15 is 0 Å². The van der Waals surface area contributed by atoms with Crippen molar-refractivity contribution in [2.45, 2.75) is 26.0 Å². The van der Waals surface area contributed by atoms with Crippen molar-refractivity contribution in [3.63, 3.8) is 0 Å². The Bertz CT molecular complexity index is 1280. The third-order valence-corrected chi connectivity index (χ3v) is 6.10. The highest BCUT2D eigenvalue weighted by Gasteiger charge is 2.46. The first-order valence-corrected chi connectivity index (χ1v) is 11.7. The second kappa shape index (κ2) is 11.2. The van der Waals surface area contributed by atoms with E-state index in [9.17, 15) is 19.1 Å². The number of nitrogens with zero attached hydrogens (tertiary/aromatic N) is 1. The normalized spacial score (nSPS) is 17.0. The number of amides is 1. The molecule has 3 aromatic rings. The van der Waals surface area contributed by atoms with Crippen LogP contribution in [0, 0.1) is 12.7 Å². The Hall–Kier alpha value is -3.97. The molecular weight excluding hydrogens is 461 g/mol. The topological polar surface area (TPSA) is 76.1 Å². The summed E-state index contributed by atoms with van der Waals surface area (Å²) < 4.78 is 25.7. The minimum Gasteiger partial charge on any atom is -0.507 e. The summed E-state index contributed by atoms with van der Waals surface area (Å²) in [4.78, 5) is 27.2. The van der Waals surface area contributed by atoms with Crippen molar-refractivity contribution >= 4 is 17.4 Å². The van der Waals surface area contributed by atoms with E-state index < -0.39 is 23.5 Å². The first-order valence-electron chi connectivity index (χ1n) is 11.7. The number of ketones is 1. The number of hydrogen-bond donors (Lipinski definition) is 1. The van der Waals surface area contributed by atoms with Gasteiger partial charge in [-0.3, -0.25) is 9.59 Å². The highest BCUT2D eigenvalue weighted by molar-refractivity contribution is 6.46. The van der Waals surface area contributed by atoms with Crippen molar-refractivity contribution in [2.75, 3.05) is 20.3 Å². The van der Waals surface area contributed by atoms with Gasteiger partial charge in [0, 0.05) is 31.4 Å². The Labute approximate surface area is 209 Å². The minimum atomic E-state index is -1.04. The Morgan fingerprint density at radius 1 is 1.03 bits per heavy atom. The van der Waals surface area contributed by atoms with Crippen molar-refractivity contribution in [1.29, 1.82) is 0 Å². The fourth-order valence-corrected chi connectivity index (χ4v) is 4.34. The van der Waals surface area contributed by atoms with Gasteiger partial charge >= 0.3 is 0 Å². The van der Waals surface area contributed by atoms with Crippen LogP contribution in [0.25, 0.3) is 5.76 Å². The number of aryl methyl sites for hydroxylation is 1. The van der Waals surface area contributed by atoms with Crippen LogP contribution >= 0.6 is 0 Å². The highest BCUT2D eigenvalue weighted by atomic mass is 19.1. The van der Waals surface area contributed by atoms with E-state index in [0.29, 0.717) is 30.9 Å². The monoisotopic (exact) mass is 489 g/mol. The van der Waals surface area contributed by atoms with Crippen LogP contribution in [0.15, 0.2) is 78.4 Å². The fourth-order valence-electron chi connectivity index (χ4n) is 4.34. The smallest absolute Gasteiger partial charge is 0.295 e. The molecule has 1 unspecified atom stereocenters. The summed E-state index contributed by atoms with van der Waals surface area (Å²) in [7, 11) is 1.54. The van der Waals surface area contributed by atoms with E-state index in [1.165, 1.54) is 30.2 Å². The van der Waals surface area contributed by atoms with E-state index in [1.54, 1.807) is 30.3 Å². The Morgan fingerprint density at radius 2 is 1.78 bits per heavy atom. The standard InChI is InChI=1S/C29H28FNO5/c1-19-7-5-8-20(17-19)18-36-22-13-11-21(12-14-22)27(32)25-26(23-9-3-4-10-24(23)30)31(15-6-16-35-2)29(34)28(25)33/h3-5,7-14,17,26,32H,6,15-16,18H2,1-2H3. The number of halogens is 1. The molecule has 0 bridgehead atoms. The predicted molar refractivity (Wildman–Crippen MR) is 134 cm³/mol. The van der Waals surface area contributed by atoms with Gasteiger partial charge in [-0.25, -0.2) is 4.39 Å². The molecular formula is C29H28FNO5. The average molecular weight is 490 g/mol. The van der Waals surface area contributed by atoms with E-state index in [-0.39, 0.29) is 23.4 Å². The number of aliphatic hydroxyl groups is 1. The van der Waals surface area contributed by atoms with Crippen LogP contribution in [0.3, 0.4) is 0 Å². The fraction of sp³-hybridized carbons (Fsp3) is 0.241.